The van der Waals surface area contributed by atoms with E-state index in [1.165, 1.54) is 6.26 Å². The summed E-state index contributed by atoms with van der Waals surface area (Å²) in [5.74, 6) is 1.91. The van der Waals surface area contributed by atoms with Crippen molar-refractivity contribution >= 4 is 9.84 Å². The van der Waals surface area contributed by atoms with E-state index in [1.807, 2.05) is 18.2 Å². The van der Waals surface area contributed by atoms with E-state index in [0.717, 1.165) is 11.3 Å². The van der Waals surface area contributed by atoms with Crippen LogP contribution in [0.1, 0.15) is 25.5 Å². The van der Waals surface area contributed by atoms with Gasteiger partial charge in [0.25, 0.3) is 0 Å². The van der Waals surface area contributed by atoms with Crippen molar-refractivity contribution in [2.75, 3.05) is 6.26 Å². The molecule has 0 amide bonds. The van der Waals surface area contributed by atoms with Gasteiger partial charge in [0, 0.05) is 17.7 Å². The normalized spacial score (nSPS) is 12.0. The molecule has 0 aliphatic rings. The van der Waals surface area contributed by atoms with Gasteiger partial charge in [-0.3, -0.25) is 0 Å². The summed E-state index contributed by atoms with van der Waals surface area (Å²) in [6.07, 6.45) is 1.20. The fraction of sp³-hybridized carbons (Fsp3) is 0.286. The van der Waals surface area contributed by atoms with Crippen LogP contribution in [-0.2, 0) is 9.84 Å². The second kappa shape index (κ2) is 4.61. The SMILES string of the molecule is CC(C)c1ccc(-c2cccc(S(C)(=O)=O)c2)o1. The topological polar surface area (TPSA) is 47.3 Å². The number of rotatable bonds is 3. The van der Waals surface area contributed by atoms with Crippen LogP contribution in [0.25, 0.3) is 11.3 Å². The molecule has 2 aromatic rings. The lowest BCUT2D eigenvalue weighted by Crippen LogP contribution is -1.96. The Morgan fingerprint density at radius 1 is 1.11 bits per heavy atom. The molecule has 18 heavy (non-hydrogen) atoms. The molecule has 1 aromatic carbocycles. The minimum atomic E-state index is -3.18. The van der Waals surface area contributed by atoms with E-state index in [-0.39, 0.29) is 0 Å². The molecule has 0 saturated heterocycles. The first-order valence-electron chi connectivity index (χ1n) is 5.78. The molecule has 0 N–H and O–H groups in total. The van der Waals surface area contributed by atoms with Crippen molar-refractivity contribution in [3.63, 3.8) is 0 Å². The summed E-state index contributed by atoms with van der Waals surface area (Å²) in [4.78, 5) is 0.308. The number of hydrogen-bond donors (Lipinski definition) is 0. The van der Waals surface area contributed by atoms with Crippen LogP contribution in [0.5, 0.6) is 0 Å². The third kappa shape index (κ3) is 2.64. The summed E-state index contributed by atoms with van der Waals surface area (Å²) in [6.45, 7) is 4.10. The average Bonchev–Trinajstić information content (AvgIpc) is 2.77. The summed E-state index contributed by atoms with van der Waals surface area (Å²) >= 11 is 0. The van der Waals surface area contributed by atoms with Crippen molar-refractivity contribution in [2.45, 2.75) is 24.7 Å². The molecule has 0 radical (unpaired) electrons. The zero-order valence-corrected chi connectivity index (χ0v) is 11.5. The Bertz CT molecular complexity index is 651. The molecule has 0 bridgehead atoms. The molecule has 0 spiro atoms. The van der Waals surface area contributed by atoms with Gasteiger partial charge in [0.2, 0.25) is 0 Å². The highest BCUT2D eigenvalue weighted by Crippen LogP contribution is 2.27. The Labute approximate surface area is 107 Å². The van der Waals surface area contributed by atoms with Crippen molar-refractivity contribution in [1.82, 2.24) is 0 Å². The summed E-state index contributed by atoms with van der Waals surface area (Å²) < 4.78 is 28.7. The van der Waals surface area contributed by atoms with Crippen molar-refractivity contribution in [1.29, 1.82) is 0 Å². The van der Waals surface area contributed by atoms with E-state index in [9.17, 15) is 8.42 Å². The number of furan rings is 1. The van der Waals surface area contributed by atoms with Crippen LogP contribution in [0, 0.1) is 0 Å². The molecule has 0 fully saturated rings. The highest BCUT2D eigenvalue weighted by molar-refractivity contribution is 7.90. The number of hydrogen-bond acceptors (Lipinski definition) is 3. The predicted molar refractivity (Wildman–Crippen MR) is 71.3 cm³/mol. The van der Waals surface area contributed by atoms with Gasteiger partial charge in [-0.05, 0) is 24.3 Å². The maximum Gasteiger partial charge on any atom is 0.175 e. The second-order valence-electron chi connectivity index (χ2n) is 4.66. The van der Waals surface area contributed by atoms with Crippen LogP contribution < -0.4 is 0 Å². The van der Waals surface area contributed by atoms with E-state index < -0.39 is 9.84 Å². The van der Waals surface area contributed by atoms with Gasteiger partial charge in [0.1, 0.15) is 11.5 Å². The predicted octanol–water partition coefficient (Wildman–Crippen LogP) is 3.47. The van der Waals surface area contributed by atoms with E-state index in [1.54, 1.807) is 18.2 Å². The molecule has 3 nitrogen and oxygen atoms in total. The summed E-state index contributed by atoms with van der Waals surface area (Å²) in [7, 11) is -3.18. The van der Waals surface area contributed by atoms with E-state index >= 15 is 0 Å². The summed E-state index contributed by atoms with van der Waals surface area (Å²) in [6, 6.07) is 10.6. The van der Waals surface area contributed by atoms with Crippen LogP contribution in [0.3, 0.4) is 0 Å². The van der Waals surface area contributed by atoms with E-state index in [2.05, 4.69) is 13.8 Å². The lowest BCUT2D eigenvalue weighted by molar-refractivity contribution is 0.498. The minimum Gasteiger partial charge on any atom is -0.461 e. The van der Waals surface area contributed by atoms with Gasteiger partial charge in [-0.15, -0.1) is 0 Å². The molecule has 0 aliphatic heterocycles. The second-order valence-corrected chi connectivity index (χ2v) is 6.67. The largest absolute Gasteiger partial charge is 0.461 e. The lowest BCUT2D eigenvalue weighted by Gasteiger charge is -2.02. The fourth-order valence-corrected chi connectivity index (χ4v) is 2.37. The third-order valence-electron chi connectivity index (χ3n) is 2.74. The first kappa shape index (κ1) is 12.9. The summed E-state index contributed by atoms with van der Waals surface area (Å²) in [5.41, 5.74) is 0.782. The zero-order valence-electron chi connectivity index (χ0n) is 10.7. The van der Waals surface area contributed by atoms with Gasteiger partial charge in [0.15, 0.2) is 9.84 Å². The Kier molecular flexibility index (Phi) is 3.30. The third-order valence-corrected chi connectivity index (χ3v) is 3.85. The summed E-state index contributed by atoms with van der Waals surface area (Å²) in [5, 5.41) is 0. The molecule has 0 aliphatic carbocycles. The molecular formula is C14H16O3S. The van der Waals surface area contributed by atoms with Crippen LogP contribution in [0.4, 0.5) is 0 Å². The monoisotopic (exact) mass is 264 g/mol. The molecule has 1 aromatic heterocycles. The number of benzene rings is 1. The first-order valence-corrected chi connectivity index (χ1v) is 7.67. The maximum absolute atomic E-state index is 11.5. The molecule has 2 rings (SSSR count). The Hall–Kier alpha value is -1.55. The fourth-order valence-electron chi connectivity index (χ4n) is 1.70. The van der Waals surface area contributed by atoms with Crippen LogP contribution in [0.15, 0.2) is 45.7 Å². The lowest BCUT2D eigenvalue weighted by atomic mass is 10.1. The first-order chi connectivity index (χ1) is 8.38. The van der Waals surface area contributed by atoms with Crippen LogP contribution >= 0.6 is 0 Å². The molecule has 96 valence electrons. The highest BCUT2D eigenvalue weighted by Gasteiger charge is 2.11. The molecule has 0 atom stereocenters. The van der Waals surface area contributed by atoms with Gasteiger partial charge < -0.3 is 4.42 Å². The number of sulfone groups is 1. The standard InChI is InChI=1S/C14H16O3S/c1-10(2)13-7-8-14(17-13)11-5-4-6-12(9-11)18(3,15)16/h4-10H,1-3H3. The van der Waals surface area contributed by atoms with E-state index in [4.69, 9.17) is 4.42 Å². The van der Waals surface area contributed by atoms with E-state index in [0.29, 0.717) is 16.6 Å². The molecule has 4 heteroatoms. The molecular weight excluding hydrogens is 248 g/mol. The van der Waals surface area contributed by atoms with Gasteiger partial charge in [0.05, 0.1) is 4.90 Å². The van der Waals surface area contributed by atoms with Crippen molar-refractivity contribution in [3.05, 3.63) is 42.2 Å². The average molecular weight is 264 g/mol. The Morgan fingerprint density at radius 2 is 1.83 bits per heavy atom. The van der Waals surface area contributed by atoms with Crippen LogP contribution in [0.2, 0.25) is 0 Å². The van der Waals surface area contributed by atoms with Crippen molar-refractivity contribution in [2.24, 2.45) is 0 Å². The van der Waals surface area contributed by atoms with Crippen molar-refractivity contribution in [3.8, 4) is 11.3 Å². The Balaban J connectivity index is 2.45. The van der Waals surface area contributed by atoms with Gasteiger partial charge in [-0.1, -0.05) is 26.0 Å². The van der Waals surface area contributed by atoms with Crippen LogP contribution in [-0.4, -0.2) is 14.7 Å². The quantitative estimate of drug-likeness (QED) is 0.852. The minimum absolute atomic E-state index is 0.308. The van der Waals surface area contributed by atoms with Gasteiger partial charge in [-0.25, -0.2) is 8.42 Å². The molecule has 0 unspecified atom stereocenters. The maximum atomic E-state index is 11.5. The Morgan fingerprint density at radius 3 is 2.39 bits per heavy atom. The van der Waals surface area contributed by atoms with Gasteiger partial charge >= 0.3 is 0 Å². The smallest absolute Gasteiger partial charge is 0.175 e. The highest BCUT2D eigenvalue weighted by atomic mass is 32.2. The molecule has 1 heterocycles. The zero-order chi connectivity index (χ0) is 13.3. The van der Waals surface area contributed by atoms with Crippen molar-refractivity contribution < 1.29 is 12.8 Å². The van der Waals surface area contributed by atoms with Gasteiger partial charge in [-0.2, -0.15) is 0 Å². The molecule has 0 saturated carbocycles.